The van der Waals surface area contributed by atoms with E-state index >= 15 is 0 Å². The lowest BCUT2D eigenvalue weighted by Crippen LogP contribution is -2.09. The molecule has 5 aromatic heterocycles. The molecular formula is C25H14ClN7. The van der Waals surface area contributed by atoms with Crippen LogP contribution < -0.4 is 0 Å². The molecule has 7 rings (SSSR count). The Labute approximate surface area is 192 Å². The molecule has 0 saturated heterocycles. The van der Waals surface area contributed by atoms with Crippen molar-refractivity contribution in [3.05, 3.63) is 90.5 Å². The summed E-state index contributed by atoms with van der Waals surface area (Å²) in [4.78, 5) is 23.0. The zero-order valence-corrected chi connectivity index (χ0v) is 17.8. The van der Waals surface area contributed by atoms with Gasteiger partial charge >= 0.3 is 0 Å². The summed E-state index contributed by atoms with van der Waals surface area (Å²) < 4.78 is 3.84. The smallest absolute Gasteiger partial charge is 0.243 e. The van der Waals surface area contributed by atoms with Gasteiger partial charge < -0.3 is 0 Å². The second-order valence-corrected chi connectivity index (χ2v) is 8.00. The first-order valence-electron chi connectivity index (χ1n) is 10.4. The van der Waals surface area contributed by atoms with Crippen LogP contribution in [0.5, 0.6) is 0 Å². The van der Waals surface area contributed by atoms with Gasteiger partial charge in [-0.15, -0.1) is 0 Å². The first-order valence-corrected chi connectivity index (χ1v) is 10.8. The van der Waals surface area contributed by atoms with Crippen LogP contribution in [0, 0.1) is 0 Å². The van der Waals surface area contributed by atoms with E-state index in [-0.39, 0.29) is 5.28 Å². The summed E-state index contributed by atoms with van der Waals surface area (Å²) in [6, 6.07) is 24.2. The molecular weight excluding hydrogens is 434 g/mol. The fourth-order valence-corrected chi connectivity index (χ4v) is 4.68. The van der Waals surface area contributed by atoms with E-state index in [1.807, 2.05) is 57.7 Å². The Morgan fingerprint density at radius 1 is 0.515 bits per heavy atom. The van der Waals surface area contributed by atoms with Crippen LogP contribution in [0.3, 0.4) is 0 Å². The molecule has 0 amide bonds. The average molecular weight is 448 g/mol. The van der Waals surface area contributed by atoms with E-state index in [4.69, 9.17) is 16.6 Å². The Morgan fingerprint density at radius 3 is 1.58 bits per heavy atom. The van der Waals surface area contributed by atoms with E-state index in [1.165, 1.54) is 0 Å². The zero-order chi connectivity index (χ0) is 21.9. The highest BCUT2D eigenvalue weighted by atomic mass is 35.5. The summed E-state index contributed by atoms with van der Waals surface area (Å²) in [5.74, 6) is 0.800. The predicted octanol–water partition coefficient (Wildman–Crippen LogP) is 5.51. The van der Waals surface area contributed by atoms with E-state index in [2.05, 4.69) is 44.2 Å². The highest BCUT2D eigenvalue weighted by molar-refractivity contribution is 6.28. The second-order valence-electron chi connectivity index (χ2n) is 7.66. The third kappa shape index (κ3) is 2.60. The maximum absolute atomic E-state index is 6.46. The number of halogens is 1. The number of hydrogen-bond acceptors (Lipinski definition) is 5. The highest BCUT2D eigenvalue weighted by Gasteiger charge is 2.20. The zero-order valence-electron chi connectivity index (χ0n) is 17.1. The summed E-state index contributed by atoms with van der Waals surface area (Å²) >= 11 is 6.46. The minimum Gasteiger partial charge on any atom is -0.278 e. The fourth-order valence-electron chi connectivity index (χ4n) is 4.53. The van der Waals surface area contributed by atoms with Crippen molar-refractivity contribution in [2.45, 2.75) is 0 Å². The summed E-state index contributed by atoms with van der Waals surface area (Å²) in [5, 5.41) is 4.27. The molecule has 156 valence electrons. The molecule has 0 aliphatic carbocycles. The minimum absolute atomic E-state index is 0.0960. The van der Waals surface area contributed by atoms with E-state index < -0.39 is 0 Å². The summed E-state index contributed by atoms with van der Waals surface area (Å²) in [7, 11) is 0. The first-order chi connectivity index (χ1) is 16.3. The normalized spacial score (nSPS) is 11.8. The number of fused-ring (bicyclic) bond motifs is 6. The van der Waals surface area contributed by atoms with Crippen LogP contribution in [0.4, 0.5) is 0 Å². The van der Waals surface area contributed by atoms with Gasteiger partial charge in [0.2, 0.25) is 17.2 Å². The Hall–Kier alpha value is -4.36. The van der Waals surface area contributed by atoms with Gasteiger partial charge in [0, 0.05) is 33.9 Å². The van der Waals surface area contributed by atoms with Crippen molar-refractivity contribution >= 4 is 55.5 Å². The molecule has 0 aliphatic heterocycles. The van der Waals surface area contributed by atoms with E-state index in [9.17, 15) is 0 Å². The molecule has 2 aromatic carbocycles. The molecule has 7 nitrogen and oxygen atoms in total. The monoisotopic (exact) mass is 447 g/mol. The quantitative estimate of drug-likeness (QED) is 0.349. The van der Waals surface area contributed by atoms with Crippen LogP contribution >= 0.6 is 11.6 Å². The third-order valence-electron chi connectivity index (χ3n) is 5.85. The first kappa shape index (κ1) is 18.2. The standard InChI is InChI=1S/C25H14ClN7/c26-23-29-24(32-19-11-3-1-7-15(19)16-8-2-4-12-20(16)32)31-25(30-23)33-21-17(9-5-13-27-21)18-10-6-14-28-22(18)33/h1-14H. The van der Waals surface area contributed by atoms with Crippen molar-refractivity contribution in [3.63, 3.8) is 0 Å². The highest BCUT2D eigenvalue weighted by Crippen LogP contribution is 2.32. The summed E-state index contributed by atoms with van der Waals surface area (Å²) in [5.41, 5.74) is 3.40. The average Bonchev–Trinajstić information content (AvgIpc) is 3.37. The Kier molecular flexibility index (Phi) is 3.77. The molecule has 8 heteroatoms. The van der Waals surface area contributed by atoms with E-state index in [0.29, 0.717) is 23.2 Å². The van der Waals surface area contributed by atoms with E-state index in [0.717, 1.165) is 32.6 Å². The van der Waals surface area contributed by atoms with Crippen molar-refractivity contribution in [1.29, 1.82) is 0 Å². The van der Waals surface area contributed by atoms with Gasteiger partial charge in [-0.25, -0.2) is 14.5 Å². The molecule has 0 saturated carbocycles. The van der Waals surface area contributed by atoms with Crippen molar-refractivity contribution in [2.24, 2.45) is 0 Å². The molecule has 0 aliphatic rings. The number of pyridine rings is 2. The van der Waals surface area contributed by atoms with E-state index in [1.54, 1.807) is 12.4 Å². The van der Waals surface area contributed by atoms with Crippen molar-refractivity contribution in [1.82, 2.24) is 34.1 Å². The molecule has 7 aromatic rings. The molecule has 33 heavy (non-hydrogen) atoms. The lowest BCUT2D eigenvalue weighted by molar-refractivity contribution is 0.878. The number of benzene rings is 2. The number of aromatic nitrogens is 7. The maximum Gasteiger partial charge on any atom is 0.243 e. The van der Waals surface area contributed by atoms with Crippen LogP contribution in [0.25, 0.3) is 55.8 Å². The molecule has 0 unspecified atom stereocenters. The molecule has 5 heterocycles. The Bertz CT molecular complexity index is 1610. The topological polar surface area (TPSA) is 74.3 Å². The van der Waals surface area contributed by atoms with Gasteiger partial charge in [0.1, 0.15) is 11.3 Å². The van der Waals surface area contributed by atoms with Crippen molar-refractivity contribution in [2.75, 3.05) is 0 Å². The predicted molar refractivity (Wildman–Crippen MR) is 129 cm³/mol. The molecule has 0 N–H and O–H groups in total. The van der Waals surface area contributed by atoms with Crippen LogP contribution in [0.15, 0.2) is 85.2 Å². The number of hydrogen-bond donors (Lipinski definition) is 0. The maximum atomic E-state index is 6.46. The van der Waals surface area contributed by atoms with Crippen LogP contribution in [-0.4, -0.2) is 34.1 Å². The van der Waals surface area contributed by atoms with Crippen molar-refractivity contribution in [3.8, 4) is 11.9 Å². The van der Waals surface area contributed by atoms with Crippen molar-refractivity contribution < 1.29 is 0 Å². The van der Waals surface area contributed by atoms with Gasteiger partial charge in [-0.05, 0) is 48.0 Å². The lowest BCUT2D eigenvalue weighted by Gasteiger charge is -2.09. The van der Waals surface area contributed by atoms with Crippen LogP contribution in [-0.2, 0) is 0 Å². The molecule has 0 bridgehead atoms. The van der Waals surface area contributed by atoms with Gasteiger partial charge in [-0.1, -0.05) is 36.4 Å². The van der Waals surface area contributed by atoms with Gasteiger partial charge in [0.15, 0.2) is 0 Å². The van der Waals surface area contributed by atoms with Crippen LogP contribution in [0.2, 0.25) is 5.28 Å². The minimum atomic E-state index is 0.0960. The third-order valence-corrected chi connectivity index (χ3v) is 6.02. The van der Waals surface area contributed by atoms with Gasteiger partial charge in [0.05, 0.1) is 11.0 Å². The summed E-state index contributed by atoms with van der Waals surface area (Å²) in [6.45, 7) is 0. The van der Waals surface area contributed by atoms with Crippen LogP contribution in [0.1, 0.15) is 0 Å². The molecule has 0 radical (unpaired) electrons. The largest absolute Gasteiger partial charge is 0.278 e. The summed E-state index contributed by atoms with van der Waals surface area (Å²) in [6.07, 6.45) is 3.49. The SMILES string of the molecule is Clc1nc(-n2c3ccccc3c3ccccc32)nc(-n2c3ncccc3c3cccnc32)n1. The lowest BCUT2D eigenvalue weighted by atomic mass is 10.2. The molecule has 0 fully saturated rings. The Morgan fingerprint density at radius 2 is 1.00 bits per heavy atom. The van der Waals surface area contributed by atoms with Gasteiger partial charge in [0.25, 0.3) is 0 Å². The van der Waals surface area contributed by atoms with Gasteiger partial charge in [-0.2, -0.15) is 15.0 Å². The molecule has 0 spiro atoms. The van der Waals surface area contributed by atoms with Gasteiger partial charge in [-0.3, -0.25) is 4.57 Å². The Balaban J connectivity index is 1.58. The number of rotatable bonds is 2. The number of para-hydroxylation sites is 2. The second kappa shape index (κ2) is 6.82. The molecule has 0 atom stereocenters. The number of nitrogens with zero attached hydrogens (tertiary/aromatic N) is 7. The fraction of sp³-hybridized carbons (Fsp3) is 0.